The molecule has 7 heteroatoms. The molecule has 0 aromatic rings. The summed E-state index contributed by atoms with van der Waals surface area (Å²) in [5.74, 6) is 0. The first-order valence-corrected chi connectivity index (χ1v) is 9.22. The average Bonchev–Trinajstić information content (AvgIpc) is 2.57. The topological polar surface area (TPSA) is 52.6 Å². The van der Waals surface area contributed by atoms with Crippen molar-refractivity contribution in [3.63, 3.8) is 0 Å². The van der Waals surface area contributed by atoms with Gasteiger partial charge in [-0.1, -0.05) is 32.1 Å². The summed E-state index contributed by atoms with van der Waals surface area (Å²) in [6, 6.07) is 0. The highest BCUT2D eigenvalue weighted by Crippen LogP contribution is 2.11. The highest BCUT2D eigenvalue weighted by molar-refractivity contribution is 4.61. The Morgan fingerprint density at radius 1 is 0.478 bits per heavy atom. The fourth-order valence-corrected chi connectivity index (χ4v) is 3.12. The number of hydroxylamine groups is 2. The van der Waals surface area contributed by atoms with Crippen LogP contribution in [0.15, 0.2) is 0 Å². The Balaban J connectivity index is 1.87. The SMILES string of the molecule is C1CCCCN2CCCCCN(CCC1)CCCOOOOO2. The van der Waals surface area contributed by atoms with Gasteiger partial charge in [0.05, 0.1) is 6.61 Å². The molecule has 2 bridgehead atoms. The van der Waals surface area contributed by atoms with Gasteiger partial charge in [0.25, 0.3) is 0 Å². The predicted octanol–water partition coefficient (Wildman–Crippen LogP) is 3.18. The second-order valence-electron chi connectivity index (χ2n) is 6.41. The smallest absolute Gasteiger partial charge is 0.0867 e. The second-order valence-corrected chi connectivity index (χ2v) is 6.41. The average molecular weight is 332 g/mol. The zero-order valence-corrected chi connectivity index (χ0v) is 14.2. The van der Waals surface area contributed by atoms with E-state index >= 15 is 0 Å². The van der Waals surface area contributed by atoms with E-state index in [1.807, 2.05) is 0 Å². The quantitative estimate of drug-likeness (QED) is 0.631. The van der Waals surface area contributed by atoms with Crippen molar-refractivity contribution in [1.82, 2.24) is 9.96 Å². The zero-order chi connectivity index (χ0) is 16.0. The molecule has 0 spiro atoms. The molecule has 0 aromatic heterocycles. The maximum absolute atomic E-state index is 5.15. The lowest BCUT2D eigenvalue weighted by Crippen LogP contribution is -2.28. The Morgan fingerprint density at radius 2 is 1.04 bits per heavy atom. The first kappa shape index (κ1) is 19.1. The molecule has 0 aliphatic carbocycles. The number of hydrogen-bond donors (Lipinski definition) is 0. The molecule has 0 saturated carbocycles. The van der Waals surface area contributed by atoms with Gasteiger partial charge in [-0.25, -0.2) is 4.89 Å². The molecule has 23 heavy (non-hydrogen) atoms. The van der Waals surface area contributed by atoms with E-state index in [1.165, 1.54) is 51.5 Å². The van der Waals surface area contributed by atoms with Crippen molar-refractivity contribution < 1.29 is 25.0 Å². The zero-order valence-electron chi connectivity index (χ0n) is 14.2. The van der Waals surface area contributed by atoms with Crippen LogP contribution >= 0.6 is 0 Å². The van der Waals surface area contributed by atoms with Crippen LogP contribution < -0.4 is 0 Å². The molecule has 2 heterocycles. The van der Waals surface area contributed by atoms with Crippen LogP contribution in [0.4, 0.5) is 0 Å². The molecule has 2 saturated heterocycles. The lowest BCUT2D eigenvalue weighted by atomic mass is 10.1. The van der Waals surface area contributed by atoms with Crippen molar-refractivity contribution in [3.8, 4) is 0 Å². The lowest BCUT2D eigenvalue weighted by Gasteiger charge is -2.22. The molecular weight excluding hydrogens is 300 g/mol. The molecule has 0 radical (unpaired) electrons. The molecule has 2 unspecified atom stereocenters. The summed E-state index contributed by atoms with van der Waals surface area (Å²) in [4.78, 5) is 12.6. The van der Waals surface area contributed by atoms with Crippen molar-refractivity contribution in [2.75, 3.05) is 39.3 Å². The number of fused-ring (bicyclic) bond motifs is 6. The minimum absolute atomic E-state index is 0.476. The van der Waals surface area contributed by atoms with Crippen LogP contribution in [0, 0.1) is 0 Å². The Kier molecular flexibility index (Phi) is 10.8. The van der Waals surface area contributed by atoms with Gasteiger partial charge in [-0.15, -0.1) is 4.99 Å². The van der Waals surface area contributed by atoms with Gasteiger partial charge >= 0.3 is 0 Å². The van der Waals surface area contributed by atoms with Crippen molar-refractivity contribution in [1.29, 1.82) is 0 Å². The fourth-order valence-electron chi connectivity index (χ4n) is 3.12. The summed E-state index contributed by atoms with van der Waals surface area (Å²) < 4.78 is 0. The van der Waals surface area contributed by atoms with Crippen LogP contribution in [-0.2, 0) is 25.0 Å². The molecule has 136 valence electrons. The third kappa shape index (κ3) is 9.56. The lowest BCUT2D eigenvalue weighted by molar-refractivity contribution is -0.733. The van der Waals surface area contributed by atoms with E-state index in [1.54, 1.807) is 5.06 Å². The van der Waals surface area contributed by atoms with E-state index in [2.05, 4.69) is 20.0 Å². The molecule has 2 aliphatic rings. The van der Waals surface area contributed by atoms with Gasteiger partial charge in [0.1, 0.15) is 0 Å². The van der Waals surface area contributed by atoms with Crippen LogP contribution in [0.3, 0.4) is 0 Å². The Bertz CT molecular complexity index is 237. The molecule has 0 amide bonds. The van der Waals surface area contributed by atoms with Gasteiger partial charge in [-0.3, -0.25) is 0 Å². The van der Waals surface area contributed by atoms with E-state index < -0.39 is 0 Å². The monoisotopic (exact) mass is 332 g/mol. The molecule has 0 aromatic carbocycles. The Labute approximate surface area is 139 Å². The van der Waals surface area contributed by atoms with E-state index in [-0.39, 0.29) is 0 Å². The highest BCUT2D eigenvalue weighted by atomic mass is 17.8. The predicted molar refractivity (Wildman–Crippen MR) is 84.5 cm³/mol. The van der Waals surface area contributed by atoms with Gasteiger partial charge in [0.15, 0.2) is 0 Å². The largest absolute Gasteiger partial charge is 0.303 e. The van der Waals surface area contributed by atoms with Gasteiger partial charge in [-0.05, 0) is 60.3 Å². The summed E-state index contributed by atoms with van der Waals surface area (Å²) in [6.45, 7) is 5.54. The first-order valence-electron chi connectivity index (χ1n) is 9.22. The van der Waals surface area contributed by atoms with Gasteiger partial charge in [-0.2, -0.15) is 5.06 Å². The minimum Gasteiger partial charge on any atom is -0.303 e. The Morgan fingerprint density at radius 3 is 1.78 bits per heavy atom. The summed E-state index contributed by atoms with van der Waals surface area (Å²) in [5.41, 5.74) is 0. The van der Waals surface area contributed by atoms with E-state index in [0.29, 0.717) is 6.61 Å². The van der Waals surface area contributed by atoms with Crippen molar-refractivity contribution in [2.45, 2.75) is 64.2 Å². The summed E-state index contributed by atoms with van der Waals surface area (Å²) in [7, 11) is 0. The second kappa shape index (κ2) is 13.1. The number of nitrogens with zero attached hydrogens (tertiary/aromatic N) is 2. The van der Waals surface area contributed by atoms with E-state index in [4.69, 9.17) is 9.88 Å². The summed E-state index contributed by atoms with van der Waals surface area (Å²) in [6.07, 6.45) is 12.0. The third-order valence-electron chi connectivity index (χ3n) is 4.46. The summed E-state index contributed by atoms with van der Waals surface area (Å²) in [5, 5.41) is 15.3. The summed E-state index contributed by atoms with van der Waals surface area (Å²) >= 11 is 0. The molecule has 0 N–H and O–H groups in total. The molecular formula is C16H32N2O5. The molecule has 7 nitrogen and oxygen atoms in total. The minimum atomic E-state index is 0.476. The maximum Gasteiger partial charge on any atom is 0.0867 e. The fraction of sp³-hybridized carbons (Fsp3) is 1.00. The van der Waals surface area contributed by atoms with Gasteiger partial charge in [0.2, 0.25) is 0 Å². The van der Waals surface area contributed by atoms with E-state index in [0.717, 1.165) is 45.4 Å². The first-order chi connectivity index (χ1) is 11.4. The van der Waals surface area contributed by atoms with Gasteiger partial charge < -0.3 is 4.90 Å². The molecule has 2 atom stereocenters. The van der Waals surface area contributed by atoms with Crippen LogP contribution in [0.1, 0.15) is 64.2 Å². The molecule has 2 fully saturated rings. The van der Waals surface area contributed by atoms with Crippen LogP contribution in [-0.4, -0.2) is 49.3 Å². The normalized spacial score (nSPS) is 31.3. The maximum atomic E-state index is 5.15. The van der Waals surface area contributed by atoms with Crippen molar-refractivity contribution in [2.24, 2.45) is 0 Å². The van der Waals surface area contributed by atoms with Gasteiger partial charge in [0, 0.05) is 19.6 Å². The van der Waals surface area contributed by atoms with Crippen LogP contribution in [0.2, 0.25) is 0 Å². The van der Waals surface area contributed by atoms with Crippen LogP contribution in [0.5, 0.6) is 0 Å². The Hall–Kier alpha value is -0.280. The molecule has 2 aliphatic heterocycles. The number of rotatable bonds is 0. The third-order valence-corrected chi connectivity index (χ3v) is 4.46. The van der Waals surface area contributed by atoms with Crippen LogP contribution in [0.25, 0.3) is 0 Å². The number of hydrogen-bond acceptors (Lipinski definition) is 7. The van der Waals surface area contributed by atoms with E-state index in [9.17, 15) is 0 Å². The molecule has 2 rings (SSSR count). The highest BCUT2D eigenvalue weighted by Gasteiger charge is 2.10. The van der Waals surface area contributed by atoms with Crippen molar-refractivity contribution in [3.05, 3.63) is 0 Å². The standard InChI is InChI=1S/C16H32N2O5/c1-2-4-8-14-18-15-9-5-7-12-17(11-6-3-1)13-10-16-19-21-23-22-20-18/h1-16H2. The van der Waals surface area contributed by atoms with Crippen molar-refractivity contribution >= 4 is 0 Å².